The number of carbonyl (C=O) groups excluding carboxylic acids is 1. The SMILES string of the molecule is CC(=O)Nc1ccn([C@@H]2CCN(c3nc(C)ccc3C#N)C2)n1. The molecular weight excluding hydrogens is 292 g/mol. The Bertz CT molecular complexity index is 775. The summed E-state index contributed by atoms with van der Waals surface area (Å²) in [5.41, 5.74) is 1.49. The molecule has 7 nitrogen and oxygen atoms in total. The highest BCUT2D eigenvalue weighted by Gasteiger charge is 2.27. The largest absolute Gasteiger partial charge is 0.353 e. The molecule has 3 heterocycles. The summed E-state index contributed by atoms with van der Waals surface area (Å²) < 4.78 is 1.87. The van der Waals surface area contributed by atoms with Crippen molar-refractivity contribution in [3.05, 3.63) is 35.7 Å². The Morgan fingerprint density at radius 2 is 2.26 bits per heavy atom. The van der Waals surface area contributed by atoms with Crippen LogP contribution in [0.2, 0.25) is 0 Å². The summed E-state index contributed by atoms with van der Waals surface area (Å²) >= 11 is 0. The molecule has 3 rings (SSSR count). The molecule has 1 aliphatic heterocycles. The lowest BCUT2D eigenvalue weighted by atomic mass is 10.2. The minimum absolute atomic E-state index is 0.133. The van der Waals surface area contributed by atoms with E-state index in [-0.39, 0.29) is 11.9 Å². The summed E-state index contributed by atoms with van der Waals surface area (Å²) in [6.07, 6.45) is 2.79. The van der Waals surface area contributed by atoms with Gasteiger partial charge in [-0.15, -0.1) is 0 Å². The van der Waals surface area contributed by atoms with Crippen molar-refractivity contribution in [3.8, 4) is 6.07 Å². The third kappa shape index (κ3) is 3.16. The Morgan fingerprint density at radius 3 is 3.00 bits per heavy atom. The van der Waals surface area contributed by atoms with Crippen LogP contribution in [0.5, 0.6) is 0 Å². The number of nitriles is 1. The molecule has 0 bridgehead atoms. The fourth-order valence-electron chi connectivity index (χ4n) is 2.81. The maximum absolute atomic E-state index is 11.1. The maximum atomic E-state index is 11.1. The van der Waals surface area contributed by atoms with E-state index in [1.54, 1.807) is 6.07 Å². The van der Waals surface area contributed by atoms with Crippen molar-refractivity contribution in [2.75, 3.05) is 23.3 Å². The molecule has 0 radical (unpaired) electrons. The molecule has 7 heteroatoms. The van der Waals surface area contributed by atoms with Gasteiger partial charge < -0.3 is 10.2 Å². The molecule has 1 saturated heterocycles. The van der Waals surface area contributed by atoms with E-state index in [0.717, 1.165) is 31.0 Å². The molecule has 0 saturated carbocycles. The van der Waals surface area contributed by atoms with Gasteiger partial charge in [-0.25, -0.2) is 4.98 Å². The summed E-state index contributed by atoms with van der Waals surface area (Å²) in [6.45, 7) is 4.95. The fraction of sp³-hybridized carbons (Fsp3) is 0.375. The highest BCUT2D eigenvalue weighted by atomic mass is 16.1. The molecule has 1 fully saturated rings. The molecule has 1 N–H and O–H groups in total. The summed E-state index contributed by atoms with van der Waals surface area (Å²) in [4.78, 5) is 17.7. The first-order chi connectivity index (χ1) is 11.1. The van der Waals surface area contributed by atoms with E-state index in [9.17, 15) is 10.1 Å². The quantitative estimate of drug-likeness (QED) is 0.935. The first kappa shape index (κ1) is 15.0. The van der Waals surface area contributed by atoms with Gasteiger partial charge in [-0.1, -0.05) is 0 Å². The van der Waals surface area contributed by atoms with Gasteiger partial charge >= 0.3 is 0 Å². The van der Waals surface area contributed by atoms with E-state index >= 15 is 0 Å². The van der Waals surface area contributed by atoms with Gasteiger partial charge in [-0.2, -0.15) is 10.4 Å². The summed E-state index contributed by atoms with van der Waals surface area (Å²) in [5, 5.41) is 16.3. The van der Waals surface area contributed by atoms with Gasteiger partial charge in [0.2, 0.25) is 5.91 Å². The van der Waals surface area contributed by atoms with Crippen molar-refractivity contribution < 1.29 is 4.79 Å². The van der Waals surface area contributed by atoms with Crippen LogP contribution < -0.4 is 10.2 Å². The number of pyridine rings is 1. The van der Waals surface area contributed by atoms with Crippen LogP contribution in [0.15, 0.2) is 24.4 Å². The van der Waals surface area contributed by atoms with Gasteiger partial charge in [-0.05, 0) is 25.5 Å². The van der Waals surface area contributed by atoms with Gasteiger partial charge in [0.25, 0.3) is 0 Å². The number of nitrogens with one attached hydrogen (secondary N) is 1. The van der Waals surface area contributed by atoms with Crippen LogP contribution >= 0.6 is 0 Å². The van der Waals surface area contributed by atoms with Crippen LogP contribution in [0.1, 0.15) is 30.6 Å². The molecule has 1 aliphatic rings. The number of nitrogens with zero attached hydrogens (tertiary/aromatic N) is 5. The summed E-state index contributed by atoms with van der Waals surface area (Å²) in [5.74, 6) is 1.16. The number of amides is 1. The van der Waals surface area contributed by atoms with Crippen LogP contribution in [0.4, 0.5) is 11.6 Å². The highest BCUT2D eigenvalue weighted by Crippen LogP contribution is 2.28. The van der Waals surface area contributed by atoms with Crippen LogP contribution in [-0.4, -0.2) is 33.8 Å². The zero-order chi connectivity index (χ0) is 16.4. The van der Waals surface area contributed by atoms with Crippen molar-refractivity contribution in [2.45, 2.75) is 26.3 Å². The van der Waals surface area contributed by atoms with Gasteiger partial charge in [0.15, 0.2) is 5.82 Å². The fourth-order valence-corrected chi connectivity index (χ4v) is 2.81. The minimum atomic E-state index is -0.133. The first-order valence-corrected chi connectivity index (χ1v) is 7.52. The standard InChI is InChI=1S/C16H18N6O/c1-11-3-4-13(9-17)16(18-11)21-7-5-14(10-21)22-8-6-15(20-22)19-12(2)23/h3-4,6,8,14H,5,7,10H2,1-2H3,(H,19,20,23)/t14-/m1/s1. The Balaban J connectivity index is 1.76. The highest BCUT2D eigenvalue weighted by molar-refractivity contribution is 5.87. The molecule has 23 heavy (non-hydrogen) atoms. The number of rotatable bonds is 3. The van der Waals surface area contributed by atoms with Crippen molar-refractivity contribution in [1.82, 2.24) is 14.8 Å². The predicted molar refractivity (Wildman–Crippen MR) is 86.1 cm³/mol. The zero-order valence-corrected chi connectivity index (χ0v) is 13.2. The van der Waals surface area contributed by atoms with E-state index < -0.39 is 0 Å². The normalized spacial score (nSPS) is 17.1. The summed E-state index contributed by atoms with van der Waals surface area (Å²) in [6, 6.07) is 7.86. The smallest absolute Gasteiger partial charge is 0.222 e. The molecule has 118 valence electrons. The molecular formula is C16H18N6O. The monoisotopic (exact) mass is 310 g/mol. The van der Waals surface area contributed by atoms with E-state index in [0.29, 0.717) is 11.4 Å². The summed E-state index contributed by atoms with van der Waals surface area (Å²) in [7, 11) is 0. The molecule has 0 spiro atoms. The van der Waals surface area contributed by atoms with Crippen molar-refractivity contribution in [2.24, 2.45) is 0 Å². The zero-order valence-electron chi connectivity index (χ0n) is 13.2. The van der Waals surface area contributed by atoms with Crippen molar-refractivity contribution in [3.63, 3.8) is 0 Å². The Labute approximate surface area is 134 Å². The number of carbonyl (C=O) groups is 1. The van der Waals surface area contributed by atoms with E-state index in [4.69, 9.17) is 0 Å². The van der Waals surface area contributed by atoms with E-state index in [1.165, 1.54) is 6.92 Å². The van der Waals surface area contributed by atoms with Crippen molar-refractivity contribution >= 4 is 17.5 Å². The lowest BCUT2D eigenvalue weighted by molar-refractivity contribution is -0.114. The van der Waals surface area contributed by atoms with Crippen LogP contribution in [0, 0.1) is 18.3 Å². The van der Waals surface area contributed by atoms with Crippen LogP contribution in [0.3, 0.4) is 0 Å². The third-order valence-corrected chi connectivity index (χ3v) is 3.88. The number of hydrogen-bond acceptors (Lipinski definition) is 5. The van der Waals surface area contributed by atoms with E-state index in [1.807, 2.05) is 29.9 Å². The number of anilines is 2. The molecule has 1 amide bonds. The second kappa shape index (κ2) is 6.08. The average Bonchev–Trinajstić information content (AvgIpc) is 3.15. The lowest BCUT2D eigenvalue weighted by Gasteiger charge is -2.19. The van der Waals surface area contributed by atoms with E-state index in [2.05, 4.69) is 26.4 Å². The minimum Gasteiger partial charge on any atom is -0.353 e. The molecule has 0 aromatic carbocycles. The Kier molecular flexibility index (Phi) is 3.98. The first-order valence-electron chi connectivity index (χ1n) is 7.52. The maximum Gasteiger partial charge on any atom is 0.222 e. The second-order valence-corrected chi connectivity index (χ2v) is 5.69. The van der Waals surface area contributed by atoms with Crippen molar-refractivity contribution in [1.29, 1.82) is 5.26 Å². The molecule has 2 aromatic rings. The number of aromatic nitrogens is 3. The lowest BCUT2D eigenvalue weighted by Crippen LogP contribution is -2.23. The Hall–Kier alpha value is -2.88. The average molecular weight is 310 g/mol. The van der Waals surface area contributed by atoms with Gasteiger partial charge in [0, 0.05) is 38.0 Å². The number of hydrogen-bond donors (Lipinski definition) is 1. The van der Waals surface area contributed by atoms with Gasteiger partial charge in [0.1, 0.15) is 11.9 Å². The molecule has 0 aliphatic carbocycles. The predicted octanol–water partition coefficient (Wildman–Crippen LogP) is 1.87. The Morgan fingerprint density at radius 1 is 1.43 bits per heavy atom. The topological polar surface area (TPSA) is 86.8 Å². The van der Waals surface area contributed by atoms with Crippen LogP contribution in [0.25, 0.3) is 0 Å². The van der Waals surface area contributed by atoms with Gasteiger partial charge in [0.05, 0.1) is 11.6 Å². The third-order valence-electron chi connectivity index (χ3n) is 3.88. The van der Waals surface area contributed by atoms with Crippen LogP contribution in [-0.2, 0) is 4.79 Å². The molecule has 1 atom stereocenters. The second-order valence-electron chi connectivity index (χ2n) is 5.69. The molecule has 2 aromatic heterocycles. The number of aryl methyl sites for hydroxylation is 1. The molecule has 0 unspecified atom stereocenters. The van der Waals surface area contributed by atoms with Gasteiger partial charge in [-0.3, -0.25) is 9.48 Å².